The Hall–Kier alpha value is -3.09. The molecule has 2 aromatic carbocycles. The van der Waals surface area contributed by atoms with Gasteiger partial charge in [-0.25, -0.2) is 31.8 Å². The molecule has 2 heterocycles. The lowest BCUT2D eigenvalue weighted by Gasteiger charge is -2.08. The first-order valence-electron chi connectivity index (χ1n) is 8.62. The van der Waals surface area contributed by atoms with Crippen LogP contribution in [-0.4, -0.2) is 28.2 Å². The summed E-state index contributed by atoms with van der Waals surface area (Å²) in [4.78, 5) is 7.62. The van der Waals surface area contributed by atoms with Crippen LogP contribution in [0.1, 0.15) is 5.56 Å². The fourth-order valence-corrected chi connectivity index (χ4v) is 4.61. The van der Waals surface area contributed by atoms with E-state index < -0.39 is 21.7 Å². The van der Waals surface area contributed by atoms with Crippen molar-refractivity contribution in [3.63, 3.8) is 0 Å². The number of hydrogen-bond donors (Lipinski definition) is 2. The Morgan fingerprint density at radius 3 is 2.68 bits per heavy atom. The fraction of sp³-hybridized carbons (Fsp3) is 0.0556. The minimum absolute atomic E-state index is 0.00855. The topological polar surface area (TPSA) is 102 Å². The van der Waals surface area contributed by atoms with Gasteiger partial charge in [0.25, 0.3) is 10.0 Å². The fourth-order valence-electron chi connectivity index (χ4n) is 2.59. The van der Waals surface area contributed by atoms with Crippen molar-refractivity contribution in [1.82, 2.24) is 19.7 Å². The second-order valence-electron chi connectivity index (χ2n) is 6.21. The number of hydrogen-bond acceptors (Lipinski definition) is 7. The number of nitrogens with one attached hydrogen (secondary N) is 2. The van der Waals surface area contributed by atoms with E-state index >= 15 is 0 Å². The van der Waals surface area contributed by atoms with E-state index in [2.05, 4.69) is 25.1 Å². The predicted octanol–water partition coefficient (Wildman–Crippen LogP) is 4.26. The highest BCUT2D eigenvalue weighted by Gasteiger charge is 2.18. The first kappa shape index (κ1) is 21.2. The third-order valence-electron chi connectivity index (χ3n) is 4.04. The second kappa shape index (κ2) is 8.57. The molecule has 0 saturated carbocycles. The van der Waals surface area contributed by atoms with E-state index in [0.29, 0.717) is 5.56 Å². The summed E-state index contributed by atoms with van der Waals surface area (Å²) in [6.07, 6.45) is 2.85. The molecular weight excluding hydrogens is 470 g/mol. The van der Waals surface area contributed by atoms with Crippen molar-refractivity contribution in [1.29, 1.82) is 0 Å². The van der Waals surface area contributed by atoms with E-state index in [1.165, 1.54) is 47.5 Å². The number of benzene rings is 2. The Morgan fingerprint density at radius 2 is 1.97 bits per heavy atom. The zero-order chi connectivity index (χ0) is 22.0. The van der Waals surface area contributed by atoms with Gasteiger partial charge in [-0.3, -0.25) is 4.72 Å². The SMILES string of the molecule is O=S(=O)(Nc1nccs1)c1ccc(Nc2ncn(Cc3ccc(F)cc3Cl)n2)c(F)c1. The predicted molar refractivity (Wildman–Crippen MR) is 113 cm³/mol. The molecule has 0 aliphatic carbocycles. The second-order valence-corrected chi connectivity index (χ2v) is 9.20. The number of anilines is 3. The first-order valence-corrected chi connectivity index (χ1v) is 11.4. The minimum Gasteiger partial charge on any atom is -0.320 e. The Kier molecular flexibility index (Phi) is 5.85. The van der Waals surface area contributed by atoms with Crippen LogP contribution in [0.3, 0.4) is 0 Å². The zero-order valence-electron chi connectivity index (χ0n) is 15.5. The van der Waals surface area contributed by atoms with Crippen molar-refractivity contribution in [3.05, 3.63) is 76.5 Å². The van der Waals surface area contributed by atoms with E-state index in [1.807, 2.05) is 0 Å². The highest BCUT2D eigenvalue weighted by Crippen LogP contribution is 2.24. The molecule has 31 heavy (non-hydrogen) atoms. The largest absolute Gasteiger partial charge is 0.320 e. The highest BCUT2D eigenvalue weighted by atomic mass is 35.5. The minimum atomic E-state index is -3.98. The zero-order valence-corrected chi connectivity index (χ0v) is 17.8. The molecule has 2 aromatic heterocycles. The van der Waals surface area contributed by atoms with Gasteiger partial charge in [-0.1, -0.05) is 17.7 Å². The van der Waals surface area contributed by atoms with Crippen LogP contribution in [0.2, 0.25) is 5.02 Å². The molecule has 8 nitrogen and oxygen atoms in total. The van der Waals surface area contributed by atoms with Gasteiger partial charge in [0.15, 0.2) is 5.13 Å². The standard InChI is InChI=1S/C18H13ClF2N6O2S2/c19-14-7-12(20)2-1-11(14)9-27-10-23-17(25-27)24-16-4-3-13(8-15(16)21)31(28,29)26-18-22-5-6-30-18/h1-8,10H,9H2,(H,22,26)(H,24,25). The van der Waals surface area contributed by atoms with Crippen LogP contribution in [0.4, 0.5) is 25.5 Å². The van der Waals surface area contributed by atoms with Gasteiger partial charge in [0.1, 0.15) is 18.0 Å². The summed E-state index contributed by atoms with van der Waals surface area (Å²) in [6.45, 7) is 0.232. The number of sulfonamides is 1. The van der Waals surface area contributed by atoms with Gasteiger partial charge in [0.05, 0.1) is 17.1 Å². The monoisotopic (exact) mass is 482 g/mol. The summed E-state index contributed by atoms with van der Waals surface area (Å²) in [6, 6.07) is 7.41. The van der Waals surface area contributed by atoms with Crippen LogP contribution in [-0.2, 0) is 16.6 Å². The molecule has 0 unspecified atom stereocenters. The van der Waals surface area contributed by atoms with Gasteiger partial charge in [-0.2, -0.15) is 0 Å². The van der Waals surface area contributed by atoms with Crippen molar-refractivity contribution in [2.75, 3.05) is 10.0 Å². The average molecular weight is 483 g/mol. The molecule has 0 aliphatic rings. The molecule has 0 saturated heterocycles. The van der Waals surface area contributed by atoms with Gasteiger partial charge in [-0.05, 0) is 35.9 Å². The Bertz CT molecular complexity index is 1330. The van der Waals surface area contributed by atoms with Crippen LogP contribution in [0.5, 0.6) is 0 Å². The number of rotatable bonds is 7. The number of aromatic nitrogens is 4. The number of thiazole rings is 1. The molecule has 0 aliphatic heterocycles. The molecule has 2 N–H and O–H groups in total. The van der Waals surface area contributed by atoms with E-state index in [-0.39, 0.29) is 33.2 Å². The maximum absolute atomic E-state index is 14.5. The third kappa shape index (κ3) is 4.98. The van der Waals surface area contributed by atoms with Crippen LogP contribution in [0.15, 0.2) is 59.2 Å². The Balaban J connectivity index is 1.47. The van der Waals surface area contributed by atoms with Crippen LogP contribution < -0.4 is 10.0 Å². The van der Waals surface area contributed by atoms with E-state index in [0.717, 1.165) is 17.4 Å². The summed E-state index contributed by atoms with van der Waals surface area (Å²) < 4.78 is 56.1. The highest BCUT2D eigenvalue weighted by molar-refractivity contribution is 7.93. The lowest BCUT2D eigenvalue weighted by atomic mass is 10.2. The molecule has 0 atom stereocenters. The van der Waals surface area contributed by atoms with Gasteiger partial charge in [0.2, 0.25) is 5.95 Å². The van der Waals surface area contributed by atoms with Gasteiger partial charge >= 0.3 is 0 Å². The third-order valence-corrected chi connectivity index (χ3v) is 6.54. The summed E-state index contributed by atoms with van der Waals surface area (Å²) in [5.74, 6) is -1.16. The maximum Gasteiger partial charge on any atom is 0.263 e. The van der Waals surface area contributed by atoms with E-state index in [4.69, 9.17) is 11.6 Å². The molecule has 0 fully saturated rings. The Labute approximate surface area is 184 Å². The van der Waals surface area contributed by atoms with Gasteiger partial charge < -0.3 is 5.32 Å². The Morgan fingerprint density at radius 1 is 1.13 bits per heavy atom. The lowest BCUT2D eigenvalue weighted by molar-refractivity contribution is 0.596. The molecule has 0 spiro atoms. The molecular formula is C18H13ClF2N6O2S2. The maximum atomic E-state index is 14.5. The van der Waals surface area contributed by atoms with Crippen LogP contribution >= 0.6 is 22.9 Å². The van der Waals surface area contributed by atoms with Gasteiger partial charge in [-0.15, -0.1) is 16.4 Å². The quantitative estimate of drug-likeness (QED) is 0.408. The molecule has 0 radical (unpaired) electrons. The first-order chi connectivity index (χ1) is 14.8. The van der Waals surface area contributed by atoms with Crippen molar-refractivity contribution >= 4 is 49.7 Å². The van der Waals surface area contributed by atoms with E-state index in [1.54, 1.807) is 5.38 Å². The molecule has 160 valence electrons. The van der Waals surface area contributed by atoms with Crippen LogP contribution in [0.25, 0.3) is 0 Å². The molecule has 4 aromatic rings. The number of nitrogens with zero attached hydrogens (tertiary/aromatic N) is 4. The molecule has 13 heteroatoms. The average Bonchev–Trinajstić information content (AvgIpc) is 3.37. The summed E-state index contributed by atoms with van der Waals surface area (Å²) in [7, 11) is -3.98. The molecule has 0 bridgehead atoms. The summed E-state index contributed by atoms with van der Waals surface area (Å²) >= 11 is 7.11. The van der Waals surface area contributed by atoms with E-state index in [9.17, 15) is 17.2 Å². The number of halogens is 3. The van der Waals surface area contributed by atoms with Crippen molar-refractivity contribution in [2.24, 2.45) is 0 Å². The summed E-state index contributed by atoms with van der Waals surface area (Å²) in [5.41, 5.74) is 0.624. The van der Waals surface area contributed by atoms with Crippen molar-refractivity contribution in [2.45, 2.75) is 11.4 Å². The molecule has 4 rings (SSSR count). The van der Waals surface area contributed by atoms with Gasteiger partial charge in [0, 0.05) is 16.6 Å². The summed E-state index contributed by atoms with van der Waals surface area (Å²) in [5, 5.41) is 8.90. The smallest absolute Gasteiger partial charge is 0.263 e. The van der Waals surface area contributed by atoms with Crippen LogP contribution in [0, 0.1) is 11.6 Å². The van der Waals surface area contributed by atoms with Crippen molar-refractivity contribution < 1.29 is 17.2 Å². The van der Waals surface area contributed by atoms with Crippen molar-refractivity contribution in [3.8, 4) is 0 Å². The normalized spacial score (nSPS) is 11.5. The lowest BCUT2D eigenvalue weighted by Crippen LogP contribution is -2.13. The molecule has 0 amide bonds.